The van der Waals surface area contributed by atoms with Gasteiger partial charge >= 0.3 is 5.97 Å². The van der Waals surface area contributed by atoms with Gasteiger partial charge in [-0.15, -0.1) is 0 Å². The van der Waals surface area contributed by atoms with E-state index in [1.807, 2.05) is 30.3 Å². The third-order valence-corrected chi connectivity index (χ3v) is 2.55. The number of carbonyl (C=O) groups excluding carboxylic acids is 1. The second-order valence-corrected chi connectivity index (χ2v) is 4.19. The highest BCUT2D eigenvalue weighted by Gasteiger charge is 2.02. The van der Waals surface area contributed by atoms with E-state index in [-0.39, 0.29) is 5.97 Å². The second kappa shape index (κ2) is 9.51. The molecule has 0 heterocycles. The Balaban J connectivity index is 1.97. The molecule has 3 nitrogen and oxygen atoms in total. The highest BCUT2D eigenvalue weighted by molar-refractivity contribution is 5.69. The molecule has 1 rings (SSSR count). The predicted molar refractivity (Wildman–Crippen MR) is 71.7 cm³/mol. The zero-order valence-corrected chi connectivity index (χ0v) is 11.1. The summed E-state index contributed by atoms with van der Waals surface area (Å²) in [6.45, 7) is 3.27. The molecule has 18 heavy (non-hydrogen) atoms. The third-order valence-electron chi connectivity index (χ3n) is 2.55. The first-order valence-electron chi connectivity index (χ1n) is 6.66. The van der Waals surface area contributed by atoms with E-state index in [9.17, 15) is 4.79 Å². The fourth-order valence-corrected chi connectivity index (χ4v) is 1.48. The van der Waals surface area contributed by atoms with Gasteiger partial charge in [0.25, 0.3) is 0 Å². The van der Waals surface area contributed by atoms with Crippen molar-refractivity contribution in [3.8, 4) is 5.75 Å². The van der Waals surface area contributed by atoms with Gasteiger partial charge in [-0.2, -0.15) is 0 Å². The average molecular weight is 250 g/mol. The van der Waals surface area contributed by atoms with Crippen molar-refractivity contribution in [3.05, 3.63) is 30.3 Å². The van der Waals surface area contributed by atoms with E-state index < -0.39 is 0 Å². The van der Waals surface area contributed by atoms with Gasteiger partial charge in [-0.25, -0.2) is 0 Å². The highest BCUT2D eigenvalue weighted by atomic mass is 16.5. The number of esters is 1. The largest absolute Gasteiger partial charge is 0.494 e. The van der Waals surface area contributed by atoms with Gasteiger partial charge < -0.3 is 9.47 Å². The monoisotopic (exact) mass is 250 g/mol. The molecule has 3 heteroatoms. The maximum absolute atomic E-state index is 11.3. The molecule has 0 bridgehead atoms. The van der Waals surface area contributed by atoms with Crippen LogP contribution in [0.4, 0.5) is 0 Å². The van der Waals surface area contributed by atoms with Crippen molar-refractivity contribution in [1.82, 2.24) is 0 Å². The number of rotatable bonds is 9. The van der Waals surface area contributed by atoms with Crippen LogP contribution in [0.3, 0.4) is 0 Å². The Bertz CT molecular complexity index is 322. The first-order valence-corrected chi connectivity index (χ1v) is 6.66. The van der Waals surface area contributed by atoms with Crippen molar-refractivity contribution in [2.24, 2.45) is 0 Å². The van der Waals surface area contributed by atoms with Crippen LogP contribution in [0.1, 0.15) is 39.0 Å². The van der Waals surface area contributed by atoms with Crippen molar-refractivity contribution in [2.45, 2.75) is 39.0 Å². The van der Waals surface area contributed by atoms with Crippen LogP contribution >= 0.6 is 0 Å². The molecule has 1 aromatic carbocycles. The summed E-state index contributed by atoms with van der Waals surface area (Å²) in [5, 5.41) is 0. The van der Waals surface area contributed by atoms with Crippen LogP contribution < -0.4 is 4.74 Å². The summed E-state index contributed by atoms with van der Waals surface area (Å²) < 4.78 is 10.6. The number of para-hydroxylation sites is 1. The number of carbonyl (C=O) groups is 1. The Labute approximate surface area is 109 Å². The first kappa shape index (κ1) is 14.6. The standard InChI is InChI=1S/C15H22O3/c1-2-3-12-18-15(16)11-7-8-13-17-14-9-5-4-6-10-14/h4-6,9-10H,2-3,7-8,11-13H2,1H3. The molecular formula is C15H22O3. The molecule has 0 N–H and O–H groups in total. The molecule has 0 spiro atoms. The topological polar surface area (TPSA) is 35.5 Å². The van der Waals surface area contributed by atoms with Crippen LogP contribution in [0.25, 0.3) is 0 Å². The Hall–Kier alpha value is -1.51. The summed E-state index contributed by atoms with van der Waals surface area (Å²) >= 11 is 0. The van der Waals surface area contributed by atoms with Crippen molar-refractivity contribution in [1.29, 1.82) is 0 Å². The molecule has 0 aromatic heterocycles. The SMILES string of the molecule is CCCCOC(=O)CCCCOc1ccccc1. The molecule has 0 unspecified atom stereocenters. The maximum Gasteiger partial charge on any atom is 0.305 e. The Morgan fingerprint density at radius 3 is 2.56 bits per heavy atom. The lowest BCUT2D eigenvalue weighted by Gasteiger charge is -2.06. The van der Waals surface area contributed by atoms with Crippen molar-refractivity contribution in [3.63, 3.8) is 0 Å². The fraction of sp³-hybridized carbons (Fsp3) is 0.533. The normalized spacial score (nSPS) is 10.1. The minimum Gasteiger partial charge on any atom is -0.494 e. The summed E-state index contributed by atoms with van der Waals surface area (Å²) in [5.74, 6) is 0.784. The van der Waals surface area contributed by atoms with Gasteiger partial charge in [-0.3, -0.25) is 4.79 Å². The number of benzene rings is 1. The molecule has 100 valence electrons. The van der Waals surface area contributed by atoms with E-state index in [1.165, 1.54) is 0 Å². The first-order chi connectivity index (χ1) is 8.83. The quantitative estimate of drug-likeness (QED) is 0.496. The summed E-state index contributed by atoms with van der Waals surface area (Å²) in [4.78, 5) is 11.3. The van der Waals surface area contributed by atoms with E-state index in [0.717, 1.165) is 31.4 Å². The highest BCUT2D eigenvalue weighted by Crippen LogP contribution is 2.09. The number of ether oxygens (including phenoxy) is 2. The minimum absolute atomic E-state index is 0.0943. The Morgan fingerprint density at radius 2 is 1.83 bits per heavy atom. The minimum atomic E-state index is -0.0943. The Kier molecular flexibility index (Phi) is 7.69. The molecule has 0 fully saturated rings. The average Bonchev–Trinajstić information content (AvgIpc) is 2.40. The number of hydrogen-bond donors (Lipinski definition) is 0. The second-order valence-electron chi connectivity index (χ2n) is 4.19. The molecule has 0 radical (unpaired) electrons. The van der Waals surface area contributed by atoms with Gasteiger partial charge in [0, 0.05) is 6.42 Å². The molecule has 0 saturated carbocycles. The van der Waals surface area contributed by atoms with Crippen LogP contribution in [-0.4, -0.2) is 19.2 Å². The number of unbranched alkanes of at least 4 members (excludes halogenated alkanes) is 2. The van der Waals surface area contributed by atoms with Gasteiger partial charge in [0.2, 0.25) is 0 Å². The van der Waals surface area contributed by atoms with Crippen LogP contribution in [0.15, 0.2) is 30.3 Å². The van der Waals surface area contributed by atoms with E-state index >= 15 is 0 Å². The zero-order chi connectivity index (χ0) is 13.1. The molecule has 1 aromatic rings. The summed E-state index contributed by atoms with van der Waals surface area (Å²) in [7, 11) is 0. The van der Waals surface area contributed by atoms with Gasteiger partial charge in [0.05, 0.1) is 13.2 Å². The van der Waals surface area contributed by atoms with Crippen LogP contribution in [0.5, 0.6) is 5.75 Å². The van der Waals surface area contributed by atoms with Gasteiger partial charge in [0.15, 0.2) is 0 Å². The van der Waals surface area contributed by atoms with E-state index in [4.69, 9.17) is 9.47 Å². The van der Waals surface area contributed by atoms with Gasteiger partial charge in [-0.05, 0) is 31.4 Å². The lowest BCUT2D eigenvalue weighted by molar-refractivity contribution is -0.143. The van der Waals surface area contributed by atoms with Crippen LogP contribution in [0.2, 0.25) is 0 Å². The molecule has 0 amide bonds. The molecule has 0 saturated heterocycles. The number of hydrogen-bond acceptors (Lipinski definition) is 3. The molecule has 0 aliphatic rings. The zero-order valence-electron chi connectivity index (χ0n) is 11.1. The van der Waals surface area contributed by atoms with E-state index in [2.05, 4.69) is 6.92 Å². The molecule has 0 aliphatic heterocycles. The van der Waals surface area contributed by atoms with Gasteiger partial charge in [0.1, 0.15) is 5.75 Å². The van der Waals surface area contributed by atoms with E-state index in [0.29, 0.717) is 19.6 Å². The van der Waals surface area contributed by atoms with Crippen molar-refractivity contribution in [2.75, 3.05) is 13.2 Å². The maximum atomic E-state index is 11.3. The lowest BCUT2D eigenvalue weighted by Crippen LogP contribution is -2.06. The van der Waals surface area contributed by atoms with Crippen LogP contribution in [0, 0.1) is 0 Å². The molecule has 0 atom stereocenters. The molecular weight excluding hydrogens is 228 g/mol. The van der Waals surface area contributed by atoms with Crippen molar-refractivity contribution < 1.29 is 14.3 Å². The summed E-state index contributed by atoms with van der Waals surface area (Å²) in [6.07, 6.45) is 4.18. The summed E-state index contributed by atoms with van der Waals surface area (Å²) in [5.41, 5.74) is 0. The predicted octanol–water partition coefficient (Wildman–Crippen LogP) is 3.58. The Morgan fingerprint density at radius 1 is 1.06 bits per heavy atom. The van der Waals surface area contributed by atoms with E-state index in [1.54, 1.807) is 0 Å². The lowest BCUT2D eigenvalue weighted by atomic mass is 10.2. The smallest absolute Gasteiger partial charge is 0.305 e. The van der Waals surface area contributed by atoms with Crippen molar-refractivity contribution >= 4 is 5.97 Å². The molecule has 0 aliphatic carbocycles. The third kappa shape index (κ3) is 6.94. The van der Waals surface area contributed by atoms with Crippen LogP contribution in [-0.2, 0) is 9.53 Å². The van der Waals surface area contributed by atoms with Gasteiger partial charge in [-0.1, -0.05) is 31.5 Å². The fourth-order valence-electron chi connectivity index (χ4n) is 1.48. The summed E-state index contributed by atoms with van der Waals surface area (Å²) in [6, 6.07) is 9.71.